The van der Waals surface area contributed by atoms with Gasteiger partial charge in [0.1, 0.15) is 5.69 Å². The molecule has 0 saturated carbocycles. The summed E-state index contributed by atoms with van der Waals surface area (Å²) in [6.45, 7) is 12.9. The Morgan fingerprint density at radius 2 is 2.00 bits per heavy atom. The lowest BCUT2D eigenvalue weighted by Crippen LogP contribution is -2.06. The summed E-state index contributed by atoms with van der Waals surface area (Å²) in [6, 6.07) is 5.77. The molecule has 0 aliphatic carbocycles. The molecule has 0 bridgehead atoms. The number of esters is 1. The zero-order valence-electron chi connectivity index (χ0n) is 18.0. The van der Waals surface area contributed by atoms with E-state index in [2.05, 4.69) is 41.5 Å². The minimum atomic E-state index is -0.349. The number of hydrogen-bond donors (Lipinski definition) is 0. The van der Waals surface area contributed by atoms with Crippen LogP contribution in [0.15, 0.2) is 49.8 Å². The largest absolute Gasteiger partial charge is 0.465 e. The van der Waals surface area contributed by atoms with E-state index in [0.717, 1.165) is 47.2 Å². The van der Waals surface area contributed by atoms with E-state index in [4.69, 9.17) is 4.74 Å². The van der Waals surface area contributed by atoms with E-state index in [1.165, 1.54) is 12.7 Å². The second-order valence-electron chi connectivity index (χ2n) is 7.27. The molecule has 5 heteroatoms. The maximum absolute atomic E-state index is 12.2. The number of nitrogens with zero attached hydrogens (tertiary/aromatic N) is 3. The topological polar surface area (TPSA) is 57.0 Å². The van der Waals surface area contributed by atoms with Gasteiger partial charge in [-0.25, -0.2) is 4.79 Å². The van der Waals surface area contributed by atoms with Crippen LogP contribution in [0.3, 0.4) is 0 Å². The molecule has 3 aromatic rings. The Hall–Kier alpha value is -3.21. The second-order valence-corrected chi connectivity index (χ2v) is 7.27. The first-order valence-electron chi connectivity index (χ1n) is 10.4. The maximum Gasteiger partial charge on any atom is 0.337 e. The van der Waals surface area contributed by atoms with Crippen molar-refractivity contribution in [2.45, 2.75) is 45.6 Å². The van der Waals surface area contributed by atoms with Gasteiger partial charge in [0, 0.05) is 29.8 Å². The molecule has 0 fully saturated rings. The molecule has 0 saturated heterocycles. The van der Waals surface area contributed by atoms with Gasteiger partial charge < -0.3 is 9.30 Å². The van der Waals surface area contributed by atoms with Crippen LogP contribution in [-0.2, 0) is 11.3 Å². The van der Waals surface area contributed by atoms with Gasteiger partial charge >= 0.3 is 5.97 Å². The number of hydrogen-bond acceptors (Lipinski definition) is 4. The zero-order chi connectivity index (χ0) is 21.7. The number of carbonyl (C=O) groups excluding carboxylic acids is 1. The first kappa shape index (κ1) is 21.5. The summed E-state index contributed by atoms with van der Waals surface area (Å²) in [5.74, 6) is 0.0143. The minimum absolute atomic E-state index is 0.349. The highest BCUT2D eigenvalue weighted by molar-refractivity contribution is 5.99. The molecule has 0 aliphatic rings. The third-order valence-corrected chi connectivity index (χ3v) is 5.52. The fraction of sp³-hybridized carbons (Fsp3) is 0.320. The van der Waals surface area contributed by atoms with E-state index < -0.39 is 0 Å². The third kappa shape index (κ3) is 3.80. The average Bonchev–Trinajstić information content (AvgIpc) is 3.10. The first-order valence-corrected chi connectivity index (χ1v) is 10.4. The molecule has 5 nitrogen and oxygen atoms in total. The van der Waals surface area contributed by atoms with Gasteiger partial charge in [-0.2, -0.15) is 0 Å². The standard InChI is InChI=1S/C25H29N3O2/c1-6-10-17(8-3)22-19-12-11-18(25(29)30-5)16-21(19)28(15-7-2)24(22)23-20(9-4)26-13-14-27-23/h7,9,11-14,16-17H,2,4,6,8,10,15H2,1,3,5H3. The average molecular weight is 404 g/mol. The van der Waals surface area contributed by atoms with E-state index in [1.54, 1.807) is 18.5 Å². The molecule has 1 unspecified atom stereocenters. The lowest BCUT2D eigenvalue weighted by atomic mass is 9.88. The molecule has 0 aliphatic heterocycles. The Labute approximate surface area is 178 Å². The number of aromatic nitrogens is 3. The summed E-state index contributed by atoms with van der Waals surface area (Å²) in [5, 5.41) is 1.13. The van der Waals surface area contributed by atoms with Crippen molar-refractivity contribution in [3.63, 3.8) is 0 Å². The normalized spacial score (nSPS) is 12.0. The highest BCUT2D eigenvalue weighted by atomic mass is 16.5. The number of allylic oxidation sites excluding steroid dienone is 1. The van der Waals surface area contributed by atoms with Crippen LogP contribution < -0.4 is 0 Å². The highest BCUT2D eigenvalue weighted by Gasteiger charge is 2.26. The van der Waals surface area contributed by atoms with Crippen LogP contribution in [0, 0.1) is 0 Å². The molecule has 156 valence electrons. The van der Waals surface area contributed by atoms with Gasteiger partial charge in [0.25, 0.3) is 0 Å². The van der Waals surface area contributed by atoms with Crippen molar-refractivity contribution >= 4 is 22.9 Å². The Balaban J connectivity index is 2.46. The molecule has 1 atom stereocenters. The van der Waals surface area contributed by atoms with Crippen molar-refractivity contribution in [2.75, 3.05) is 7.11 Å². The molecule has 1 aromatic carbocycles. The summed E-state index contributed by atoms with van der Waals surface area (Å²) >= 11 is 0. The van der Waals surface area contributed by atoms with Crippen LogP contribution in [0.2, 0.25) is 0 Å². The van der Waals surface area contributed by atoms with Crippen molar-refractivity contribution in [1.29, 1.82) is 0 Å². The number of ether oxygens (including phenoxy) is 1. The van der Waals surface area contributed by atoms with Crippen molar-refractivity contribution in [3.8, 4) is 11.4 Å². The van der Waals surface area contributed by atoms with Crippen LogP contribution in [0.4, 0.5) is 0 Å². The molecule has 0 amide bonds. The Morgan fingerprint density at radius 1 is 1.23 bits per heavy atom. The van der Waals surface area contributed by atoms with Crippen LogP contribution >= 0.6 is 0 Å². The van der Waals surface area contributed by atoms with Crippen molar-refractivity contribution in [3.05, 3.63) is 66.6 Å². The van der Waals surface area contributed by atoms with Gasteiger partial charge in [0.05, 0.1) is 24.1 Å². The van der Waals surface area contributed by atoms with Crippen LogP contribution in [0.25, 0.3) is 28.4 Å². The van der Waals surface area contributed by atoms with Crippen molar-refractivity contribution < 1.29 is 9.53 Å². The molecule has 0 spiro atoms. The summed E-state index contributed by atoms with van der Waals surface area (Å²) in [4.78, 5) is 21.4. The van der Waals surface area contributed by atoms with Gasteiger partial charge in [-0.1, -0.05) is 39.0 Å². The van der Waals surface area contributed by atoms with Crippen LogP contribution in [0.1, 0.15) is 60.6 Å². The number of methoxy groups -OCH3 is 1. The monoisotopic (exact) mass is 403 g/mol. The van der Waals surface area contributed by atoms with E-state index in [9.17, 15) is 4.79 Å². The smallest absolute Gasteiger partial charge is 0.337 e. The number of rotatable bonds is 9. The van der Waals surface area contributed by atoms with Gasteiger partial charge in [0.2, 0.25) is 0 Å². The van der Waals surface area contributed by atoms with Gasteiger partial charge in [-0.15, -0.1) is 6.58 Å². The predicted molar refractivity (Wildman–Crippen MR) is 123 cm³/mol. The third-order valence-electron chi connectivity index (χ3n) is 5.52. The molecule has 0 N–H and O–H groups in total. The van der Waals surface area contributed by atoms with Crippen molar-refractivity contribution in [2.24, 2.45) is 0 Å². The molecule has 3 rings (SSSR count). The number of fused-ring (bicyclic) bond motifs is 1. The molecule has 2 heterocycles. The highest BCUT2D eigenvalue weighted by Crippen LogP contribution is 2.42. The van der Waals surface area contributed by atoms with Crippen molar-refractivity contribution in [1.82, 2.24) is 14.5 Å². The van der Waals surface area contributed by atoms with E-state index in [1.807, 2.05) is 24.3 Å². The summed E-state index contributed by atoms with van der Waals surface area (Å²) < 4.78 is 7.13. The van der Waals surface area contributed by atoms with Gasteiger partial charge in [-0.3, -0.25) is 9.97 Å². The molecule has 30 heavy (non-hydrogen) atoms. The lowest BCUT2D eigenvalue weighted by Gasteiger charge is -2.18. The summed E-state index contributed by atoms with van der Waals surface area (Å²) in [5.41, 5.74) is 5.31. The minimum Gasteiger partial charge on any atom is -0.465 e. The second kappa shape index (κ2) is 9.53. The van der Waals surface area contributed by atoms with E-state index in [0.29, 0.717) is 18.0 Å². The van der Waals surface area contributed by atoms with Crippen LogP contribution in [-0.4, -0.2) is 27.6 Å². The molecule has 0 radical (unpaired) electrons. The van der Waals surface area contributed by atoms with E-state index >= 15 is 0 Å². The van der Waals surface area contributed by atoms with Crippen LogP contribution in [0.5, 0.6) is 0 Å². The number of benzene rings is 1. The van der Waals surface area contributed by atoms with Gasteiger partial charge in [0.15, 0.2) is 0 Å². The Morgan fingerprint density at radius 3 is 2.63 bits per heavy atom. The molecular formula is C25H29N3O2. The van der Waals surface area contributed by atoms with Gasteiger partial charge in [-0.05, 0) is 42.5 Å². The quantitative estimate of drug-likeness (QED) is 0.324. The summed E-state index contributed by atoms with van der Waals surface area (Å²) in [6.07, 6.45) is 10.2. The van der Waals surface area contributed by atoms with E-state index in [-0.39, 0.29) is 5.97 Å². The Kier molecular flexibility index (Phi) is 6.83. The predicted octanol–water partition coefficient (Wildman–Crippen LogP) is 6.01. The Bertz CT molecular complexity index is 1080. The fourth-order valence-electron chi connectivity index (χ4n) is 4.19. The molecular weight excluding hydrogens is 374 g/mol. The SMILES string of the molecule is C=CCn1c(-c2nccnc2C=C)c(C(CC)CCC)c2ccc(C(=O)OC)cc21. The number of carbonyl (C=O) groups is 1. The first-order chi connectivity index (χ1) is 14.6. The lowest BCUT2D eigenvalue weighted by molar-refractivity contribution is 0.0601. The maximum atomic E-state index is 12.2. The zero-order valence-corrected chi connectivity index (χ0v) is 18.0. The summed E-state index contributed by atoms with van der Waals surface area (Å²) in [7, 11) is 1.40. The molecule has 2 aromatic heterocycles. The fourth-order valence-corrected chi connectivity index (χ4v) is 4.19.